The Morgan fingerprint density at radius 1 is 0.647 bits per heavy atom. The number of hydrogen-bond donors (Lipinski definition) is 0. The fourth-order valence-corrected chi connectivity index (χ4v) is 8.59. The standard InChI is InChI=1S/C27H50N2O3Si2/c1-9-26(28-20-14-22-33(6,7)30-11-3)24-16-18-25(19-17-24)27(10-2)29-21-15-23-34(8,31-12-4)32-13-5/h16-19H,9-15,20-23H2,1-8H3. The van der Waals surface area contributed by atoms with Gasteiger partial charge >= 0.3 is 8.56 Å². The molecule has 0 fully saturated rings. The highest BCUT2D eigenvalue weighted by Gasteiger charge is 2.29. The summed E-state index contributed by atoms with van der Waals surface area (Å²) in [6.45, 7) is 21.2. The van der Waals surface area contributed by atoms with Gasteiger partial charge in [0.25, 0.3) is 0 Å². The van der Waals surface area contributed by atoms with E-state index in [0.29, 0.717) is 13.2 Å². The summed E-state index contributed by atoms with van der Waals surface area (Å²) in [6, 6.07) is 11.0. The molecule has 0 aliphatic heterocycles. The Balaban J connectivity index is 2.71. The van der Waals surface area contributed by atoms with Crippen molar-refractivity contribution >= 4 is 28.3 Å². The van der Waals surface area contributed by atoms with E-state index < -0.39 is 16.9 Å². The van der Waals surface area contributed by atoms with Crippen molar-refractivity contribution < 1.29 is 13.3 Å². The Morgan fingerprint density at radius 2 is 1.06 bits per heavy atom. The molecule has 1 aromatic rings. The Morgan fingerprint density at radius 3 is 1.44 bits per heavy atom. The van der Waals surface area contributed by atoms with Crippen molar-refractivity contribution in [1.82, 2.24) is 0 Å². The largest absolute Gasteiger partial charge is 0.418 e. The molecule has 0 amide bonds. The molecule has 0 saturated heterocycles. The van der Waals surface area contributed by atoms with Gasteiger partial charge in [-0.25, -0.2) is 0 Å². The molecule has 0 aliphatic carbocycles. The van der Waals surface area contributed by atoms with Crippen LogP contribution in [0, 0.1) is 0 Å². The molecule has 0 heterocycles. The first-order chi connectivity index (χ1) is 16.2. The summed E-state index contributed by atoms with van der Waals surface area (Å²) in [6.07, 6.45) is 3.98. The molecule has 0 bridgehead atoms. The maximum absolute atomic E-state index is 5.95. The van der Waals surface area contributed by atoms with Crippen LogP contribution >= 0.6 is 0 Å². The van der Waals surface area contributed by atoms with Gasteiger partial charge < -0.3 is 13.3 Å². The van der Waals surface area contributed by atoms with Gasteiger partial charge in [-0.1, -0.05) is 38.1 Å². The number of nitrogens with zero attached hydrogens (tertiary/aromatic N) is 2. The third kappa shape index (κ3) is 11.5. The topological polar surface area (TPSA) is 52.4 Å². The molecule has 1 aromatic carbocycles. The normalized spacial score (nSPS) is 13.5. The molecule has 0 N–H and O–H groups in total. The maximum atomic E-state index is 5.95. The fraction of sp³-hybridized carbons (Fsp3) is 0.704. The highest BCUT2D eigenvalue weighted by Crippen LogP contribution is 2.17. The molecule has 0 spiro atoms. The summed E-state index contributed by atoms with van der Waals surface area (Å²) in [4.78, 5) is 9.84. The molecule has 34 heavy (non-hydrogen) atoms. The highest BCUT2D eigenvalue weighted by molar-refractivity contribution is 6.71. The van der Waals surface area contributed by atoms with Crippen LogP contribution in [0.2, 0.25) is 31.7 Å². The zero-order chi connectivity index (χ0) is 25.5. The Hall–Kier alpha value is -1.13. The lowest BCUT2D eigenvalue weighted by atomic mass is 10.0. The van der Waals surface area contributed by atoms with E-state index in [0.717, 1.165) is 57.5 Å². The van der Waals surface area contributed by atoms with Crippen LogP contribution in [0.5, 0.6) is 0 Å². The van der Waals surface area contributed by atoms with Crippen LogP contribution < -0.4 is 0 Å². The van der Waals surface area contributed by atoms with Gasteiger partial charge in [0.05, 0.1) is 0 Å². The smallest absolute Gasteiger partial charge is 0.334 e. The van der Waals surface area contributed by atoms with E-state index in [4.69, 9.17) is 23.3 Å². The van der Waals surface area contributed by atoms with Gasteiger partial charge in [-0.05, 0) is 89.3 Å². The van der Waals surface area contributed by atoms with E-state index in [2.05, 4.69) is 64.7 Å². The summed E-state index contributed by atoms with van der Waals surface area (Å²) in [5.41, 5.74) is 4.79. The van der Waals surface area contributed by atoms with Crippen LogP contribution in [0.3, 0.4) is 0 Å². The van der Waals surface area contributed by atoms with Gasteiger partial charge in [-0.3, -0.25) is 9.98 Å². The monoisotopic (exact) mass is 506 g/mol. The van der Waals surface area contributed by atoms with E-state index in [9.17, 15) is 0 Å². The molecule has 0 radical (unpaired) electrons. The van der Waals surface area contributed by atoms with Crippen LogP contribution in [-0.2, 0) is 13.3 Å². The van der Waals surface area contributed by atoms with Crippen molar-refractivity contribution in [3.05, 3.63) is 35.4 Å². The molecule has 7 heteroatoms. The Bertz CT molecular complexity index is 743. The summed E-state index contributed by atoms with van der Waals surface area (Å²) >= 11 is 0. The molecule has 0 aromatic heterocycles. The van der Waals surface area contributed by atoms with E-state index in [1.807, 2.05) is 13.8 Å². The number of aliphatic imine (C=N–C) groups is 2. The lowest BCUT2D eigenvalue weighted by Gasteiger charge is -2.25. The van der Waals surface area contributed by atoms with Crippen molar-refractivity contribution in [3.8, 4) is 0 Å². The molecule has 194 valence electrons. The Kier molecular flexibility index (Phi) is 15.0. The van der Waals surface area contributed by atoms with Gasteiger partial charge in [0.1, 0.15) is 0 Å². The van der Waals surface area contributed by atoms with E-state index in [1.165, 1.54) is 22.6 Å². The van der Waals surface area contributed by atoms with Crippen LogP contribution in [0.4, 0.5) is 0 Å². The SMILES string of the molecule is CCO[Si](C)(C)CCCN=C(CC)c1ccc(C(CC)=NCCC[Si](C)(OCC)OCC)cc1. The van der Waals surface area contributed by atoms with Crippen LogP contribution in [-0.4, -0.2) is 61.2 Å². The average molecular weight is 507 g/mol. The zero-order valence-corrected chi connectivity index (χ0v) is 25.2. The number of benzene rings is 1. The number of hydrogen-bond acceptors (Lipinski definition) is 5. The predicted molar refractivity (Wildman–Crippen MR) is 153 cm³/mol. The van der Waals surface area contributed by atoms with Gasteiger partial charge in [0.2, 0.25) is 0 Å². The summed E-state index contributed by atoms with van der Waals surface area (Å²) in [7, 11) is -3.57. The average Bonchev–Trinajstić information content (AvgIpc) is 2.80. The van der Waals surface area contributed by atoms with E-state index in [-0.39, 0.29) is 0 Å². The first-order valence-electron chi connectivity index (χ1n) is 13.3. The van der Waals surface area contributed by atoms with Crippen LogP contribution in [0.15, 0.2) is 34.3 Å². The predicted octanol–water partition coefficient (Wildman–Crippen LogP) is 7.25. The third-order valence-electron chi connectivity index (χ3n) is 5.99. The quantitative estimate of drug-likeness (QED) is 0.120. The minimum Gasteiger partial charge on any atom is -0.418 e. The zero-order valence-electron chi connectivity index (χ0n) is 23.2. The first-order valence-corrected chi connectivity index (χ1v) is 19.0. The van der Waals surface area contributed by atoms with Gasteiger partial charge in [0.15, 0.2) is 8.32 Å². The van der Waals surface area contributed by atoms with Gasteiger partial charge in [-0.2, -0.15) is 0 Å². The molecule has 0 unspecified atom stereocenters. The van der Waals surface area contributed by atoms with Gasteiger partial charge in [0, 0.05) is 44.3 Å². The first kappa shape index (κ1) is 30.9. The second-order valence-electron chi connectivity index (χ2n) is 9.34. The molecular formula is C27H50N2O3Si2. The van der Waals surface area contributed by atoms with Gasteiger partial charge in [-0.15, -0.1) is 0 Å². The minimum atomic E-state index is -2.05. The van der Waals surface area contributed by atoms with E-state index in [1.54, 1.807) is 0 Å². The van der Waals surface area contributed by atoms with Crippen LogP contribution in [0.1, 0.15) is 71.4 Å². The summed E-state index contributed by atoms with van der Waals surface area (Å²) in [5, 5.41) is 0. The lowest BCUT2D eigenvalue weighted by molar-refractivity contribution is 0.188. The van der Waals surface area contributed by atoms with Crippen molar-refractivity contribution in [2.45, 2.75) is 92.0 Å². The summed E-state index contributed by atoms with van der Waals surface area (Å²) in [5.74, 6) is 0. The van der Waals surface area contributed by atoms with Crippen molar-refractivity contribution in [2.24, 2.45) is 9.98 Å². The van der Waals surface area contributed by atoms with Crippen molar-refractivity contribution in [2.75, 3.05) is 32.9 Å². The molecule has 5 nitrogen and oxygen atoms in total. The second-order valence-corrected chi connectivity index (χ2v) is 17.0. The maximum Gasteiger partial charge on any atom is 0.334 e. The molecule has 0 atom stereocenters. The number of rotatable bonds is 18. The summed E-state index contributed by atoms with van der Waals surface area (Å²) < 4.78 is 17.8. The molecule has 0 saturated carbocycles. The lowest BCUT2D eigenvalue weighted by Crippen LogP contribution is -2.38. The van der Waals surface area contributed by atoms with Crippen molar-refractivity contribution in [3.63, 3.8) is 0 Å². The fourth-order valence-electron chi connectivity index (χ4n) is 4.26. The molecule has 1 rings (SSSR count). The Labute approximate surface area is 211 Å². The second kappa shape index (κ2) is 16.5. The van der Waals surface area contributed by atoms with Crippen LogP contribution in [0.25, 0.3) is 0 Å². The minimum absolute atomic E-state index is 0.717. The van der Waals surface area contributed by atoms with E-state index >= 15 is 0 Å². The highest BCUT2D eigenvalue weighted by atomic mass is 28.4. The third-order valence-corrected chi connectivity index (χ3v) is 11.7. The molecular weight excluding hydrogens is 456 g/mol. The molecule has 0 aliphatic rings. The van der Waals surface area contributed by atoms with Crippen molar-refractivity contribution in [1.29, 1.82) is 0 Å².